The van der Waals surface area contributed by atoms with Crippen LogP contribution >= 0.6 is 23.2 Å². The Morgan fingerprint density at radius 2 is 1.86 bits per heavy atom. The van der Waals surface area contributed by atoms with Gasteiger partial charge in [0.05, 0.1) is 0 Å². The van der Waals surface area contributed by atoms with Gasteiger partial charge in [-0.2, -0.15) is 8.78 Å². The summed E-state index contributed by atoms with van der Waals surface area (Å²) < 4.78 is 28.9. The van der Waals surface area contributed by atoms with Crippen LogP contribution in [0.4, 0.5) is 8.78 Å². The first kappa shape index (κ1) is 21.6. The summed E-state index contributed by atoms with van der Waals surface area (Å²) in [5, 5.41) is 1.27. The molecule has 1 fully saturated rings. The van der Waals surface area contributed by atoms with Crippen LogP contribution in [0.3, 0.4) is 0 Å². The number of ketones is 1. The lowest BCUT2D eigenvalue weighted by atomic mass is 10.1. The van der Waals surface area contributed by atoms with E-state index < -0.39 is 6.61 Å². The molecule has 0 unspecified atom stereocenters. The summed E-state index contributed by atoms with van der Waals surface area (Å²) in [7, 11) is 0. The van der Waals surface area contributed by atoms with E-state index in [4.69, 9.17) is 23.2 Å². The summed E-state index contributed by atoms with van der Waals surface area (Å²) in [6.45, 7) is 1.01. The Hall–Kier alpha value is -2.15. The van der Waals surface area contributed by atoms with Crippen LogP contribution in [0, 0.1) is 0 Å². The van der Waals surface area contributed by atoms with Crippen LogP contribution < -0.4 is 4.74 Å². The van der Waals surface area contributed by atoms with Crippen molar-refractivity contribution in [2.24, 2.45) is 0 Å². The third-order valence-electron chi connectivity index (χ3n) is 4.60. The maximum absolute atomic E-state index is 12.3. The molecule has 0 bridgehead atoms. The molecule has 0 spiro atoms. The van der Waals surface area contributed by atoms with Gasteiger partial charge in [0, 0.05) is 60.6 Å². The molecule has 8 heteroatoms. The number of carbonyl (C=O) groups is 1. The van der Waals surface area contributed by atoms with Crippen LogP contribution in [0.1, 0.15) is 15.9 Å². The molecule has 0 radical (unpaired) electrons. The topological polar surface area (TPSA) is 32.8 Å². The van der Waals surface area contributed by atoms with E-state index in [1.807, 2.05) is 12.1 Å². The molecule has 2 aromatic rings. The van der Waals surface area contributed by atoms with Crippen molar-refractivity contribution < 1.29 is 18.3 Å². The first-order valence-electron chi connectivity index (χ1n) is 9.08. The zero-order chi connectivity index (χ0) is 20.8. The van der Waals surface area contributed by atoms with Gasteiger partial charge in [-0.15, -0.1) is 0 Å². The number of carbonyl (C=O) groups excluding carboxylic acids is 1. The molecule has 1 aliphatic heterocycles. The van der Waals surface area contributed by atoms with Crippen molar-refractivity contribution in [3.8, 4) is 5.75 Å². The zero-order valence-electron chi connectivity index (χ0n) is 15.5. The number of hydrogen-bond donors (Lipinski definition) is 0. The molecule has 0 N–H and O–H groups in total. The molecule has 0 atom stereocenters. The average Bonchev–Trinajstić information content (AvgIpc) is 2.69. The highest BCUT2D eigenvalue weighted by Crippen LogP contribution is 2.23. The van der Waals surface area contributed by atoms with Gasteiger partial charge in [-0.1, -0.05) is 41.4 Å². The molecule has 0 amide bonds. The average molecular weight is 441 g/mol. The van der Waals surface area contributed by atoms with Crippen molar-refractivity contribution in [1.82, 2.24) is 9.80 Å². The monoisotopic (exact) mass is 440 g/mol. The van der Waals surface area contributed by atoms with Crippen LogP contribution in [-0.4, -0.2) is 48.4 Å². The first-order valence-corrected chi connectivity index (χ1v) is 9.84. The smallest absolute Gasteiger partial charge is 0.387 e. The first-order chi connectivity index (χ1) is 13.9. The summed E-state index contributed by atoms with van der Waals surface area (Å²) in [5.41, 5.74) is 1.33. The van der Waals surface area contributed by atoms with E-state index in [1.54, 1.807) is 18.3 Å². The molecule has 1 heterocycles. The fourth-order valence-electron chi connectivity index (χ4n) is 3.06. The molecular weight excluding hydrogens is 421 g/mol. The molecule has 0 aliphatic carbocycles. The number of nitrogens with zero attached hydrogens (tertiary/aromatic N) is 2. The fraction of sp³-hybridized carbons (Fsp3) is 0.286. The highest BCUT2D eigenvalue weighted by Gasteiger charge is 2.16. The molecule has 3 rings (SSSR count). The van der Waals surface area contributed by atoms with E-state index in [0.717, 1.165) is 38.3 Å². The Labute approximate surface area is 178 Å². The third kappa shape index (κ3) is 6.42. The molecule has 0 aromatic heterocycles. The molecule has 29 heavy (non-hydrogen) atoms. The normalized spacial score (nSPS) is 15.3. The second-order valence-corrected chi connectivity index (χ2v) is 7.48. The van der Waals surface area contributed by atoms with Crippen LogP contribution in [-0.2, 0) is 6.54 Å². The predicted octanol–water partition coefficient (Wildman–Crippen LogP) is 5.11. The Morgan fingerprint density at radius 3 is 2.55 bits per heavy atom. The minimum absolute atomic E-state index is 0.0336. The minimum atomic E-state index is -2.92. The van der Waals surface area contributed by atoms with E-state index in [9.17, 15) is 13.6 Å². The molecule has 0 saturated carbocycles. The standard InChI is InChI=1S/C21H20Cl2F2N2O2/c22-17-5-4-16(19(23)13-17)14-27-10-8-26(9-11-27)7-6-20(28)15-2-1-3-18(12-15)29-21(24)25/h1-7,12-13,21H,8-11,14H2. The van der Waals surface area contributed by atoms with Gasteiger partial charge in [-0.3, -0.25) is 9.69 Å². The van der Waals surface area contributed by atoms with Gasteiger partial charge in [-0.25, -0.2) is 0 Å². The largest absolute Gasteiger partial charge is 0.435 e. The highest BCUT2D eigenvalue weighted by molar-refractivity contribution is 6.35. The molecular formula is C21H20Cl2F2N2O2. The molecule has 154 valence electrons. The van der Waals surface area contributed by atoms with Crippen molar-refractivity contribution in [2.45, 2.75) is 13.2 Å². The van der Waals surface area contributed by atoms with Gasteiger partial charge in [0.2, 0.25) is 0 Å². The van der Waals surface area contributed by atoms with Gasteiger partial charge in [-0.05, 0) is 29.8 Å². The van der Waals surface area contributed by atoms with Gasteiger partial charge < -0.3 is 9.64 Å². The Bertz CT molecular complexity index is 885. The van der Waals surface area contributed by atoms with Crippen molar-refractivity contribution in [3.05, 3.63) is 75.9 Å². The lowest BCUT2D eigenvalue weighted by Gasteiger charge is -2.34. The van der Waals surface area contributed by atoms with Crippen molar-refractivity contribution >= 4 is 29.0 Å². The molecule has 1 saturated heterocycles. The van der Waals surface area contributed by atoms with Gasteiger partial charge in [0.15, 0.2) is 5.78 Å². The lowest BCUT2D eigenvalue weighted by molar-refractivity contribution is -0.0498. The molecule has 1 aliphatic rings. The minimum Gasteiger partial charge on any atom is -0.435 e. The van der Waals surface area contributed by atoms with Gasteiger partial charge in [0.1, 0.15) is 5.75 Å². The summed E-state index contributed by atoms with van der Waals surface area (Å²) in [5.74, 6) is -0.297. The number of halogens is 4. The quantitative estimate of drug-likeness (QED) is 0.442. The number of benzene rings is 2. The maximum Gasteiger partial charge on any atom is 0.387 e. The Kier molecular flexibility index (Phi) is 7.47. The second kappa shape index (κ2) is 10.1. The SMILES string of the molecule is O=C(C=CN1CCN(Cc2ccc(Cl)cc2Cl)CC1)c1cccc(OC(F)F)c1. The number of hydrogen-bond acceptors (Lipinski definition) is 4. The summed E-state index contributed by atoms with van der Waals surface area (Å²) >= 11 is 12.2. The van der Waals surface area contributed by atoms with Gasteiger partial charge in [0.25, 0.3) is 0 Å². The number of rotatable bonds is 7. The Morgan fingerprint density at radius 1 is 1.10 bits per heavy atom. The number of piperazine rings is 1. The van der Waals surface area contributed by atoms with Crippen LogP contribution in [0.15, 0.2) is 54.7 Å². The van der Waals surface area contributed by atoms with Crippen molar-refractivity contribution in [2.75, 3.05) is 26.2 Å². The van der Waals surface area contributed by atoms with E-state index in [2.05, 4.69) is 14.5 Å². The second-order valence-electron chi connectivity index (χ2n) is 6.63. The maximum atomic E-state index is 12.3. The van der Waals surface area contributed by atoms with Crippen LogP contribution in [0.2, 0.25) is 10.0 Å². The number of allylic oxidation sites excluding steroid dienone is 1. The predicted molar refractivity (Wildman–Crippen MR) is 110 cm³/mol. The lowest BCUT2D eigenvalue weighted by Crippen LogP contribution is -2.43. The molecule has 2 aromatic carbocycles. The number of ether oxygens (including phenoxy) is 1. The fourth-order valence-corrected chi connectivity index (χ4v) is 3.52. The van der Waals surface area contributed by atoms with E-state index >= 15 is 0 Å². The van der Waals surface area contributed by atoms with Crippen LogP contribution in [0.25, 0.3) is 0 Å². The Balaban J connectivity index is 1.51. The highest BCUT2D eigenvalue weighted by atomic mass is 35.5. The van der Waals surface area contributed by atoms with Crippen molar-refractivity contribution in [1.29, 1.82) is 0 Å². The third-order valence-corrected chi connectivity index (χ3v) is 5.18. The van der Waals surface area contributed by atoms with Gasteiger partial charge >= 0.3 is 6.61 Å². The zero-order valence-corrected chi connectivity index (χ0v) is 17.0. The van der Waals surface area contributed by atoms with E-state index in [-0.39, 0.29) is 11.5 Å². The number of alkyl halides is 2. The summed E-state index contributed by atoms with van der Waals surface area (Å²) in [6.07, 6.45) is 3.20. The van der Waals surface area contributed by atoms with E-state index in [0.29, 0.717) is 15.6 Å². The summed E-state index contributed by atoms with van der Waals surface area (Å²) in [6, 6.07) is 11.3. The molecule has 4 nitrogen and oxygen atoms in total. The summed E-state index contributed by atoms with van der Waals surface area (Å²) in [4.78, 5) is 16.6. The van der Waals surface area contributed by atoms with Crippen molar-refractivity contribution in [3.63, 3.8) is 0 Å². The van der Waals surface area contributed by atoms with Crippen LogP contribution in [0.5, 0.6) is 5.75 Å². The van der Waals surface area contributed by atoms with E-state index in [1.165, 1.54) is 24.3 Å².